The Balaban J connectivity index is 2.30. The Hall–Kier alpha value is -0.400. The number of hydrogen-bond donors (Lipinski definition) is 0. The molecule has 0 amide bonds. The van der Waals surface area contributed by atoms with Gasteiger partial charge in [0.25, 0.3) is 0 Å². The van der Waals surface area contributed by atoms with Gasteiger partial charge in [0.2, 0.25) is 0 Å². The predicted molar refractivity (Wildman–Crippen MR) is 15.5 cm³/mol. The van der Waals surface area contributed by atoms with Crippen LogP contribution in [0.4, 0.5) is 4.39 Å². The molecular formula is C2H4FN. The molecule has 0 rings (SSSR count). The lowest BCUT2D eigenvalue weighted by atomic mass is 11.4. The Bertz CT molecular complexity index is 20.0. The maximum atomic E-state index is 10.5. The monoisotopic (exact) mass is 61.0 g/mol. The lowest BCUT2D eigenvalue weighted by Gasteiger charge is -1.57. The van der Waals surface area contributed by atoms with Crippen LogP contribution < -0.4 is 0 Å². The van der Waals surface area contributed by atoms with Crippen molar-refractivity contribution in [1.82, 2.24) is 0 Å². The normalized spacial score (nSPS) is 6.25. The summed E-state index contributed by atoms with van der Waals surface area (Å²) < 4.78 is 10.5. The quantitative estimate of drug-likeness (QED) is 0.311. The number of rotatable bonds is 1. The first kappa shape index (κ1) is 3.60. The second-order valence-corrected chi connectivity index (χ2v) is 0.343. The van der Waals surface area contributed by atoms with Gasteiger partial charge in [-0.3, -0.25) is 4.99 Å². The van der Waals surface area contributed by atoms with Crippen molar-refractivity contribution in [1.29, 1.82) is 0 Å². The smallest absolute Gasteiger partial charge is 0.178 e. The van der Waals surface area contributed by atoms with Crippen molar-refractivity contribution in [3.63, 3.8) is 0 Å². The summed E-state index contributed by atoms with van der Waals surface area (Å²) in [5.74, 6) is 0. The molecular weight excluding hydrogens is 57.0 g/mol. The lowest BCUT2D eigenvalue weighted by molar-refractivity contribution is 0.515. The largest absolute Gasteiger partial charge is 0.268 e. The molecule has 0 spiro atoms. The van der Waals surface area contributed by atoms with Crippen LogP contribution in [0.15, 0.2) is 4.99 Å². The van der Waals surface area contributed by atoms with Gasteiger partial charge < -0.3 is 0 Å². The van der Waals surface area contributed by atoms with E-state index in [1.54, 1.807) is 0 Å². The van der Waals surface area contributed by atoms with Crippen LogP contribution in [0.2, 0.25) is 0 Å². The van der Waals surface area contributed by atoms with E-state index in [1.165, 1.54) is 0 Å². The molecule has 0 aliphatic carbocycles. The van der Waals surface area contributed by atoms with Gasteiger partial charge in [0.1, 0.15) is 0 Å². The zero-order valence-corrected chi connectivity index (χ0v) is 2.24. The average Bonchev–Trinajstić information content (AvgIpc) is 1.37. The van der Waals surface area contributed by atoms with Crippen molar-refractivity contribution in [3.8, 4) is 0 Å². The fourth-order valence-electron chi connectivity index (χ4n) is 0. The van der Waals surface area contributed by atoms with E-state index in [0.29, 0.717) is 0 Å². The van der Waals surface area contributed by atoms with Crippen molar-refractivity contribution in [2.75, 3.05) is 6.80 Å². The first-order valence-corrected chi connectivity index (χ1v) is 0.900. The third-order valence-electron chi connectivity index (χ3n) is 0.0845. The summed E-state index contributed by atoms with van der Waals surface area (Å²) in [4.78, 5) is 2.82. The van der Waals surface area contributed by atoms with Crippen molar-refractivity contribution in [3.05, 3.63) is 0 Å². The number of alkyl halides is 1. The van der Waals surface area contributed by atoms with Crippen LogP contribution in [-0.2, 0) is 0 Å². The molecule has 0 aromatic carbocycles. The molecule has 0 aliphatic heterocycles. The van der Waals surface area contributed by atoms with Crippen molar-refractivity contribution < 1.29 is 4.39 Å². The van der Waals surface area contributed by atoms with Crippen LogP contribution in [0.5, 0.6) is 0 Å². The first-order valence-electron chi connectivity index (χ1n) is 0.900. The van der Waals surface area contributed by atoms with Crippen molar-refractivity contribution in [2.24, 2.45) is 4.99 Å². The Labute approximate surface area is 24.2 Å². The van der Waals surface area contributed by atoms with Gasteiger partial charge in [-0.15, -0.1) is 0 Å². The van der Waals surface area contributed by atoms with E-state index < -0.39 is 6.80 Å². The molecule has 0 aliphatic rings. The van der Waals surface area contributed by atoms with Crippen LogP contribution in [0.25, 0.3) is 0 Å². The number of nitrogens with zero attached hydrogens (tertiary/aromatic N) is 1. The standard InChI is InChI=1S/C2H4FN/c1-4-2-3/h1-2H2. The van der Waals surface area contributed by atoms with Crippen LogP contribution in [0.3, 0.4) is 0 Å². The summed E-state index contributed by atoms with van der Waals surface area (Å²) in [6.07, 6.45) is 0. The third kappa shape index (κ3) is 1.60. The first-order chi connectivity index (χ1) is 1.91. The Morgan fingerprint density at radius 1 is 2.00 bits per heavy atom. The number of halogens is 1. The minimum absolute atomic E-state index is 0.667. The molecule has 0 radical (unpaired) electrons. The maximum absolute atomic E-state index is 10.5. The molecule has 0 unspecified atom stereocenters. The summed E-state index contributed by atoms with van der Waals surface area (Å²) in [5, 5.41) is 0. The van der Waals surface area contributed by atoms with E-state index >= 15 is 0 Å². The molecule has 0 saturated carbocycles. The zero-order chi connectivity index (χ0) is 3.41. The van der Waals surface area contributed by atoms with E-state index in [-0.39, 0.29) is 0 Å². The Morgan fingerprint density at radius 2 is 2.25 bits per heavy atom. The summed E-state index contributed by atoms with van der Waals surface area (Å²) in [7, 11) is 0. The number of hydrogen-bond acceptors (Lipinski definition) is 1. The molecule has 0 fully saturated rings. The zero-order valence-electron chi connectivity index (χ0n) is 2.24. The molecule has 2 heteroatoms. The van der Waals surface area contributed by atoms with Crippen LogP contribution in [0, 0.1) is 0 Å². The third-order valence-corrected chi connectivity index (χ3v) is 0.0845. The summed E-state index contributed by atoms with van der Waals surface area (Å²) in [6.45, 7) is 2.19. The number of aliphatic imine (C=N–C) groups is 1. The van der Waals surface area contributed by atoms with Crippen LogP contribution >= 0.6 is 0 Å². The van der Waals surface area contributed by atoms with Crippen LogP contribution in [-0.4, -0.2) is 13.5 Å². The molecule has 0 heterocycles. The van der Waals surface area contributed by atoms with E-state index in [0.717, 1.165) is 0 Å². The Morgan fingerprint density at radius 3 is 2.25 bits per heavy atom. The lowest BCUT2D eigenvalue weighted by Crippen LogP contribution is -1.50. The second kappa shape index (κ2) is 2.60. The molecule has 0 saturated heterocycles. The molecule has 24 valence electrons. The molecule has 0 bridgehead atoms. The highest BCUT2D eigenvalue weighted by molar-refractivity contribution is 5.22. The molecule has 0 N–H and O–H groups in total. The second-order valence-electron chi connectivity index (χ2n) is 0.343. The summed E-state index contributed by atoms with van der Waals surface area (Å²) in [6, 6.07) is 0. The van der Waals surface area contributed by atoms with Gasteiger partial charge in [0, 0.05) is 0 Å². The highest BCUT2D eigenvalue weighted by Gasteiger charge is 1.48. The van der Waals surface area contributed by atoms with E-state index in [1.807, 2.05) is 0 Å². The van der Waals surface area contributed by atoms with E-state index in [4.69, 9.17) is 0 Å². The molecule has 0 atom stereocenters. The Kier molecular flexibility index (Phi) is 2.34. The molecule has 4 heavy (non-hydrogen) atoms. The fourth-order valence-corrected chi connectivity index (χ4v) is 0. The van der Waals surface area contributed by atoms with E-state index in [9.17, 15) is 4.39 Å². The predicted octanol–water partition coefficient (Wildman–Crippen LogP) is 0.614. The highest BCUT2D eigenvalue weighted by atomic mass is 19.1. The average molecular weight is 61.1 g/mol. The summed E-state index contributed by atoms with van der Waals surface area (Å²) in [5.41, 5.74) is 0. The van der Waals surface area contributed by atoms with Gasteiger partial charge in [-0.1, -0.05) is 0 Å². The minimum atomic E-state index is -0.667. The maximum Gasteiger partial charge on any atom is 0.178 e. The van der Waals surface area contributed by atoms with Gasteiger partial charge in [0.15, 0.2) is 6.80 Å². The topological polar surface area (TPSA) is 12.4 Å². The van der Waals surface area contributed by atoms with Gasteiger partial charge in [-0.05, 0) is 6.72 Å². The molecule has 0 aromatic rings. The fraction of sp³-hybridized carbons (Fsp3) is 0.500. The van der Waals surface area contributed by atoms with E-state index in [2.05, 4.69) is 11.7 Å². The van der Waals surface area contributed by atoms with Crippen LogP contribution in [0.1, 0.15) is 0 Å². The van der Waals surface area contributed by atoms with Crippen molar-refractivity contribution >= 4 is 6.72 Å². The molecule has 0 aromatic heterocycles. The van der Waals surface area contributed by atoms with Gasteiger partial charge in [-0.2, -0.15) is 0 Å². The SMILES string of the molecule is C=NCF. The summed E-state index contributed by atoms with van der Waals surface area (Å²) >= 11 is 0. The minimum Gasteiger partial charge on any atom is -0.268 e. The van der Waals surface area contributed by atoms with Gasteiger partial charge in [0.05, 0.1) is 0 Å². The van der Waals surface area contributed by atoms with Gasteiger partial charge >= 0.3 is 0 Å². The molecule has 1 nitrogen and oxygen atoms in total. The van der Waals surface area contributed by atoms with Gasteiger partial charge in [-0.25, -0.2) is 4.39 Å². The highest BCUT2D eigenvalue weighted by Crippen LogP contribution is 1.57. The van der Waals surface area contributed by atoms with Crippen molar-refractivity contribution in [2.45, 2.75) is 0 Å².